The van der Waals surface area contributed by atoms with E-state index in [1.807, 2.05) is 18.2 Å². The molecule has 2 aliphatic carbocycles. The normalized spacial score (nSPS) is 20.4. The molecular weight excluding hydrogens is 402 g/mol. The van der Waals surface area contributed by atoms with E-state index in [0.717, 1.165) is 44.3 Å². The van der Waals surface area contributed by atoms with Gasteiger partial charge in [-0.15, -0.1) is 0 Å². The van der Waals surface area contributed by atoms with Gasteiger partial charge in [-0.3, -0.25) is 0 Å². The summed E-state index contributed by atoms with van der Waals surface area (Å²) in [5, 5.41) is 6.23. The summed E-state index contributed by atoms with van der Waals surface area (Å²) in [6, 6.07) is 5.40. The molecule has 0 amide bonds. The van der Waals surface area contributed by atoms with Gasteiger partial charge in [0.25, 0.3) is 0 Å². The zero-order valence-electron chi connectivity index (χ0n) is 18.7. The topological polar surface area (TPSA) is 123 Å². The summed E-state index contributed by atoms with van der Waals surface area (Å²) in [4.78, 5) is 12.3. The highest BCUT2D eigenvalue weighted by molar-refractivity contribution is 5.95. The van der Waals surface area contributed by atoms with E-state index >= 15 is 0 Å². The maximum absolute atomic E-state index is 5.95. The highest BCUT2D eigenvalue weighted by Crippen LogP contribution is 2.32. The molecule has 0 radical (unpaired) electrons. The lowest BCUT2D eigenvalue weighted by Gasteiger charge is -2.23. The van der Waals surface area contributed by atoms with Gasteiger partial charge in [0.2, 0.25) is 11.9 Å². The molecule has 1 aliphatic heterocycles. The van der Waals surface area contributed by atoms with Crippen LogP contribution < -0.4 is 22.1 Å². The third-order valence-electron chi connectivity index (χ3n) is 5.49. The van der Waals surface area contributed by atoms with E-state index in [1.165, 1.54) is 37.7 Å². The second kappa shape index (κ2) is 13.4. The lowest BCUT2D eigenvalue weighted by molar-refractivity contribution is 0.109. The smallest absolute Gasteiger partial charge is 0.225 e. The van der Waals surface area contributed by atoms with E-state index in [0.29, 0.717) is 5.82 Å². The van der Waals surface area contributed by atoms with Crippen LogP contribution in [0, 0.1) is 5.92 Å². The van der Waals surface area contributed by atoms with Gasteiger partial charge < -0.3 is 26.8 Å². The summed E-state index contributed by atoms with van der Waals surface area (Å²) in [6.07, 6.45) is 17.8. The molecular formula is C24H35N7O. The van der Waals surface area contributed by atoms with Crippen LogP contribution in [0.1, 0.15) is 38.5 Å². The predicted molar refractivity (Wildman–Crippen MR) is 130 cm³/mol. The SMILES string of the molecule is C1COCCN1.NC(=N\c1ccccn1)/N=C(\N)NC1=CC=C(C2CCCCC2)CC=C1. The summed E-state index contributed by atoms with van der Waals surface area (Å²) in [7, 11) is 0. The molecule has 0 atom stereocenters. The minimum Gasteiger partial charge on any atom is -0.379 e. The lowest BCUT2D eigenvalue weighted by atomic mass is 9.82. The molecule has 8 heteroatoms. The summed E-state index contributed by atoms with van der Waals surface area (Å²) in [5.74, 6) is 1.48. The van der Waals surface area contributed by atoms with Crippen molar-refractivity contribution in [2.45, 2.75) is 38.5 Å². The summed E-state index contributed by atoms with van der Waals surface area (Å²) >= 11 is 0. The molecule has 0 bridgehead atoms. The van der Waals surface area contributed by atoms with E-state index in [1.54, 1.807) is 12.3 Å². The monoisotopic (exact) mass is 437 g/mol. The first kappa shape index (κ1) is 23.7. The number of ether oxygens (including phenoxy) is 1. The van der Waals surface area contributed by atoms with Crippen LogP contribution in [0.4, 0.5) is 5.82 Å². The molecule has 1 aromatic heterocycles. The Morgan fingerprint density at radius 3 is 2.56 bits per heavy atom. The molecule has 0 unspecified atom stereocenters. The molecule has 4 rings (SSSR count). The maximum atomic E-state index is 5.95. The number of morpholine rings is 1. The van der Waals surface area contributed by atoms with Gasteiger partial charge in [-0.25, -0.2) is 4.98 Å². The van der Waals surface area contributed by atoms with E-state index in [4.69, 9.17) is 16.2 Å². The van der Waals surface area contributed by atoms with Crippen molar-refractivity contribution in [2.24, 2.45) is 27.4 Å². The molecule has 172 valence electrons. The summed E-state index contributed by atoms with van der Waals surface area (Å²) in [5.41, 5.74) is 14.2. The Balaban J connectivity index is 0.000000416. The highest BCUT2D eigenvalue weighted by atomic mass is 16.5. The first-order valence-corrected chi connectivity index (χ1v) is 11.4. The van der Waals surface area contributed by atoms with Crippen molar-refractivity contribution in [1.29, 1.82) is 0 Å². The molecule has 1 aromatic rings. The Labute approximate surface area is 190 Å². The van der Waals surface area contributed by atoms with Crippen LogP contribution in [0.3, 0.4) is 0 Å². The standard InChI is InChI=1S/C20H26N6.C4H9NO/c21-19(26-20(22)25-18-11-4-5-14-23-18)24-17-10-6-9-16(12-13-17)15-7-2-1-3-8-15;1-3-6-4-2-5-1/h4-6,10-15H,1-3,7-9H2,(H5,21,22,23,24,25,26);5H,1-4H2. The number of guanidine groups is 2. The first-order valence-electron chi connectivity index (χ1n) is 11.4. The fraction of sp³-hybridized carbons (Fsp3) is 0.458. The van der Waals surface area contributed by atoms with Crippen molar-refractivity contribution in [3.8, 4) is 0 Å². The maximum Gasteiger partial charge on any atom is 0.225 e. The molecule has 2 heterocycles. The van der Waals surface area contributed by atoms with E-state index in [-0.39, 0.29) is 11.9 Å². The number of nitrogens with zero attached hydrogens (tertiary/aromatic N) is 3. The van der Waals surface area contributed by atoms with Gasteiger partial charge in [-0.1, -0.05) is 43.1 Å². The molecule has 0 spiro atoms. The molecule has 8 nitrogen and oxygen atoms in total. The van der Waals surface area contributed by atoms with Gasteiger partial charge in [0.05, 0.1) is 13.2 Å². The summed E-state index contributed by atoms with van der Waals surface area (Å²) in [6.45, 7) is 3.83. The predicted octanol–water partition coefficient (Wildman–Crippen LogP) is 2.89. The molecule has 1 saturated heterocycles. The van der Waals surface area contributed by atoms with Crippen LogP contribution in [-0.2, 0) is 4.74 Å². The largest absolute Gasteiger partial charge is 0.379 e. The third-order valence-corrected chi connectivity index (χ3v) is 5.49. The number of hydrogen-bond acceptors (Lipinski definition) is 4. The number of nitrogens with one attached hydrogen (secondary N) is 2. The van der Waals surface area contributed by atoms with Crippen LogP contribution in [0.25, 0.3) is 0 Å². The number of nitrogens with two attached hydrogens (primary N) is 2. The van der Waals surface area contributed by atoms with Gasteiger partial charge >= 0.3 is 0 Å². The number of aliphatic imine (C=N–C) groups is 2. The third kappa shape index (κ3) is 8.64. The zero-order chi connectivity index (χ0) is 22.4. The average molecular weight is 438 g/mol. The van der Waals surface area contributed by atoms with Crippen molar-refractivity contribution in [1.82, 2.24) is 15.6 Å². The minimum atomic E-state index is 0.0605. The number of allylic oxidation sites excluding steroid dienone is 5. The number of aromatic nitrogens is 1. The van der Waals surface area contributed by atoms with Crippen LogP contribution in [0.15, 0.2) is 70.0 Å². The molecule has 1 saturated carbocycles. The van der Waals surface area contributed by atoms with E-state index < -0.39 is 0 Å². The number of rotatable bonds is 3. The van der Waals surface area contributed by atoms with Gasteiger partial charge in [-0.05, 0) is 49.5 Å². The Morgan fingerprint density at radius 2 is 1.91 bits per heavy atom. The summed E-state index contributed by atoms with van der Waals surface area (Å²) < 4.78 is 5.01. The van der Waals surface area contributed by atoms with Crippen molar-refractivity contribution < 1.29 is 4.74 Å². The Morgan fingerprint density at radius 1 is 1.09 bits per heavy atom. The van der Waals surface area contributed by atoms with Crippen LogP contribution in [0.5, 0.6) is 0 Å². The van der Waals surface area contributed by atoms with Gasteiger partial charge in [0.15, 0.2) is 5.82 Å². The van der Waals surface area contributed by atoms with Crippen molar-refractivity contribution in [3.63, 3.8) is 0 Å². The molecule has 3 aliphatic rings. The second-order valence-corrected chi connectivity index (χ2v) is 7.95. The van der Waals surface area contributed by atoms with Crippen LogP contribution in [-0.4, -0.2) is 43.2 Å². The minimum absolute atomic E-state index is 0.0605. The lowest BCUT2D eigenvalue weighted by Crippen LogP contribution is -2.32. The van der Waals surface area contributed by atoms with Gasteiger partial charge in [0, 0.05) is 25.0 Å². The molecule has 0 aromatic carbocycles. The molecule has 2 fully saturated rings. The van der Waals surface area contributed by atoms with Gasteiger partial charge in [-0.2, -0.15) is 9.98 Å². The number of hydrogen-bond donors (Lipinski definition) is 4. The van der Waals surface area contributed by atoms with Crippen molar-refractivity contribution >= 4 is 17.7 Å². The van der Waals surface area contributed by atoms with E-state index in [2.05, 4.69) is 43.8 Å². The average Bonchev–Trinajstić information content (AvgIpc) is 3.07. The van der Waals surface area contributed by atoms with Crippen LogP contribution in [0.2, 0.25) is 0 Å². The van der Waals surface area contributed by atoms with Crippen LogP contribution >= 0.6 is 0 Å². The Kier molecular flexibility index (Phi) is 9.95. The van der Waals surface area contributed by atoms with Gasteiger partial charge in [0.1, 0.15) is 0 Å². The number of pyridine rings is 1. The van der Waals surface area contributed by atoms with Crippen molar-refractivity contribution in [2.75, 3.05) is 26.3 Å². The highest BCUT2D eigenvalue weighted by Gasteiger charge is 2.17. The zero-order valence-corrected chi connectivity index (χ0v) is 18.7. The molecule has 6 N–H and O–H groups in total. The fourth-order valence-electron chi connectivity index (χ4n) is 3.88. The Bertz CT molecular complexity index is 837. The second-order valence-electron chi connectivity index (χ2n) is 7.95. The Hall–Kier alpha value is -2.97. The van der Waals surface area contributed by atoms with Crippen molar-refractivity contribution in [3.05, 3.63) is 60.0 Å². The van der Waals surface area contributed by atoms with E-state index in [9.17, 15) is 0 Å². The molecule has 32 heavy (non-hydrogen) atoms. The first-order chi connectivity index (χ1) is 15.7. The fourth-order valence-corrected chi connectivity index (χ4v) is 3.88. The quantitative estimate of drug-likeness (QED) is 0.426.